The van der Waals surface area contributed by atoms with Gasteiger partial charge in [0.25, 0.3) is 0 Å². The van der Waals surface area contributed by atoms with Crippen LogP contribution in [-0.4, -0.2) is 36.7 Å². The molecule has 0 amide bonds. The number of carbonyl (C=O) groups is 1. The molecule has 5 nitrogen and oxygen atoms in total. The first-order valence-corrected chi connectivity index (χ1v) is 9.16. The van der Waals surface area contributed by atoms with Gasteiger partial charge in [-0.1, -0.05) is 48.0 Å². The quantitative estimate of drug-likeness (QED) is 0.921. The molecule has 1 fully saturated rings. The zero-order valence-electron chi connectivity index (χ0n) is 13.3. The maximum atomic E-state index is 12.8. The molecule has 0 saturated carbocycles. The van der Waals surface area contributed by atoms with Crippen molar-refractivity contribution in [1.82, 2.24) is 4.31 Å². The summed E-state index contributed by atoms with van der Waals surface area (Å²) < 4.78 is 26.8. The number of Topliss-reactive ketones (excluding diaryl/α,β-unsaturated/α-hetero) is 1. The molecule has 1 aliphatic heterocycles. The molecule has 1 atom stereocenters. The van der Waals surface area contributed by atoms with Crippen LogP contribution in [0.4, 0.5) is 0 Å². The molecule has 2 aromatic carbocycles. The van der Waals surface area contributed by atoms with Gasteiger partial charge in [-0.25, -0.2) is 8.42 Å². The third-order valence-corrected chi connectivity index (χ3v) is 6.22. The molecule has 2 aromatic rings. The first kappa shape index (κ1) is 16.8. The SMILES string of the molecule is Cc1ccc(S(=O)(=O)N2CCC(=O)[C@@](O)(c3ccccc3)C2)cc1. The zero-order chi connectivity index (χ0) is 17.4. The summed E-state index contributed by atoms with van der Waals surface area (Å²) in [7, 11) is -3.76. The molecule has 0 spiro atoms. The molecule has 0 radical (unpaired) electrons. The number of hydrogen-bond acceptors (Lipinski definition) is 4. The zero-order valence-corrected chi connectivity index (χ0v) is 14.2. The lowest BCUT2D eigenvalue weighted by molar-refractivity contribution is -0.143. The third-order valence-electron chi connectivity index (χ3n) is 4.36. The lowest BCUT2D eigenvalue weighted by Crippen LogP contribution is -2.53. The van der Waals surface area contributed by atoms with Crippen LogP contribution in [0.15, 0.2) is 59.5 Å². The van der Waals surface area contributed by atoms with Crippen LogP contribution in [-0.2, 0) is 20.4 Å². The number of sulfonamides is 1. The summed E-state index contributed by atoms with van der Waals surface area (Å²) in [6, 6.07) is 15.0. The number of ketones is 1. The number of rotatable bonds is 3. The molecule has 1 N–H and O–H groups in total. The molecule has 0 aliphatic carbocycles. The molecule has 0 aromatic heterocycles. The average molecular weight is 345 g/mol. The monoisotopic (exact) mass is 345 g/mol. The van der Waals surface area contributed by atoms with Crippen molar-refractivity contribution in [2.24, 2.45) is 0 Å². The van der Waals surface area contributed by atoms with Crippen LogP contribution in [0.2, 0.25) is 0 Å². The molecule has 0 unspecified atom stereocenters. The summed E-state index contributed by atoms with van der Waals surface area (Å²) in [6.07, 6.45) is -0.0174. The minimum Gasteiger partial charge on any atom is -0.376 e. The highest BCUT2D eigenvalue weighted by atomic mass is 32.2. The van der Waals surface area contributed by atoms with Gasteiger partial charge in [0.1, 0.15) is 0 Å². The van der Waals surface area contributed by atoms with Gasteiger partial charge in [0.05, 0.1) is 11.4 Å². The van der Waals surface area contributed by atoms with Crippen LogP contribution in [0.1, 0.15) is 17.5 Å². The van der Waals surface area contributed by atoms with E-state index in [2.05, 4.69) is 0 Å². The number of nitrogens with zero attached hydrogens (tertiary/aromatic N) is 1. The molecule has 0 bridgehead atoms. The molecule has 126 valence electrons. The Labute approximate surface area is 141 Å². The summed E-state index contributed by atoms with van der Waals surface area (Å²) >= 11 is 0. The largest absolute Gasteiger partial charge is 0.376 e. The van der Waals surface area contributed by atoms with Crippen LogP contribution in [0.5, 0.6) is 0 Å². The maximum absolute atomic E-state index is 12.8. The molecule has 24 heavy (non-hydrogen) atoms. The number of carbonyl (C=O) groups excluding carboxylic acids is 1. The van der Waals surface area contributed by atoms with Crippen molar-refractivity contribution in [3.8, 4) is 0 Å². The van der Waals surface area contributed by atoms with Gasteiger partial charge in [0.2, 0.25) is 10.0 Å². The van der Waals surface area contributed by atoms with E-state index in [4.69, 9.17) is 0 Å². The lowest BCUT2D eigenvalue weighted by atomic mass is 9.85. The highest BCUT2D eigenvalue weighted by molar-refractivity contribution is 7.89. The van der Waals surface area contributed by atoms with Crippen molar-refractivity contribution in [2.75, 3.05) is 13.1 Å². The van der Waals surface area contributed by atoms with Gasteiger partial charge >= 0.3 is 0 Å². The Bertz CT molecular complexity index is 846. The number of hydrogen-bond donors (Lipinski definition) is 1. The van der Waals surface area contributed by atoms with Crippen LogP contribution < -0.4 is 0 Å². The predicted molar refractivity (Wildman–Crippen MR) is 89.9 cm³/mol. The Morgan fingerprint density at radius 2 is 1.67 bits per heavy atom. The van der Waals surface area contributed by atoms with Gasteiger partial charge in [-0.05, 0) is 24.6 Å². The highest BCUT2D eigenvalue weighted by Crippen LogP contribution is 2.31. The van der Waals surface area contributed by atoms with Crippen molar-refractivity contribution >= 4 is 15.8 Å². The van der Waals surface area contributed by atoms with E-state index < -0.39 is 15.6 Å². The first-order chi connectivity index (χ1) is 11.3. The Balaban J connectivity index is 1.96. The Hall–Kier alpha value is -2.02. The fraction of sp³-hybridized carbons (Fsp3) is 0.278. The van der Waals surface area contributed by atoms with Gasteiger partial charge in [-0.3, -0.25) is 4.79 Å². The van der Waals surface area contributed by atoms with Crippen molar-refractivity contribution in [3.63, 3.8) is 0 Å². The van der Waals surface area contributed by atoms with Gasteiger partial charge < -0.3 is 5.11 Å². The topological polar surface area (TPSA) is 74.7 Å². The van der Waals surface area contributed by atoms with E-state index in [1.165, 1.54) is 4.31 Å². The molecule has 6 heteroatoms. The second kappa shape index (κ2) is 6.12. The van der Waals surface area contributed by atoms with E-state index in [9.17, 15) is 18.3 Å². The number of aryl methyl sites for hydroxylation is 1. The van der Waals surface area contributed by atoms with Crippen molar-refractivity contribution in [3.05, 3.63) is 65.7 Å². The first-order valence-electron chi connectivity index (χ1n) is 7.72. The van der Waals surface area contributed by atoms with Crippen LogP contribution in [0.25, 0.3) is 0 Å². The van der Waals surface area contributed by atoms with Crippen molar-refractivity contribution in [2.45, 2.75) is 23.8 Å². The second-order valence-corrected chi connectivity index (χ2v) is 7.99. The van der Waals surface area contributed by atoms with E-state index in [-0.39, 0.29) is 30.2 Å². The number of aliphatic hydroxyl groups is 1. The summed E-state index contributed by atoms with van der Waals surface area (Å²) in [5.74, 6) is -0.357. The number of piperidine rings is 1. The molecular weight excluding hydrogens is 326 g/mol. The third kappa shape index (κ3) is 2.88. The number of benzene rings is 2. The Morgan fingerprint density at radius 1 is 1.04 bits per heavy atom. The Kier molecular flexibility index (Phi) is 4.29. The number of β-amino-alcohol motifs (C(OH)–C–C–N with tert-alkyl or cyclic N) is 1. The second-order valence-electron chi connectivity index (χ2n) is 6.05. The lowest BCUT2D eigenvalue weighted by Gasteiger charge is -2.37. The van der Waals surface area contributed by atoms with E-state index in [0.29, 0.717) is 5.56 Å². The highest BCUT2D eigenvalue weighted by Gasteiger charge is 2.45. The van der Waals surface area contributed by atoms with Gasteiger partial charge in [-0.15, -0.1) is 0 Å². The Morgan fingerprint density at radius 3 is 2.29 bits per heavy atom. The maximum Gasteiger partial charge on any atom is 0.243 e. The normalized spacial score (nSPS) is 22.5. The van der Waals surface area contributed by atoms with Crippen molar-refractivity contribution < 1.29 is 18.3 Å². The average Bonchev–Trinajstić information content (AvgIpc) is 2.58. The van der Waals surface area contributed by atoms with E-state index in [1.807, 2.05) is 6.92 Å². The van der Waals surface area contributed by atoms with Crippen LogP contribution >= 0.6 is 0 Å². The molecule has 1 saturated heterocycles. The standard InChI is InChI=1S/C18H19NO4S/c1-14-7-9-16(10-8-14)24(22,23)19-12-11-17(20)18(21,13-19)15-5-3-2-4-6-15/h2-10,21H,11-13H2,1H3/t18-/m0/s1. The van der Waals surface area contributed by atoms with Gasteiger partial charge in [-0.2, -0.15) is 4.31 Å². The minimum atomic E-state index is -3.76. The summed E-state index contributed by atoms with van der Waals surface area (Å²) in [6.45, 7) is 1.68. The summed E-state index contributed by atoms with van der Waals surface area (Å²) in [4.78, 5) is 12.5. The minimum absolute atomic E-state index is 0.0174. The molecule has 1 heterocycles. The fourth-order valence-electron chi connectivity index (χ4n) is 2.89. The van der Waals surface area contributed by atoms with Gasteiger partial charge in [0.15, 0.2) is 11.4 Å². The predicted octanol–water partition coefficient (Wildman–Crippen LogP) is 1.85. The van der Waals surface area contributed by atoms with Crippen molar-refractivity contribution in [1.29, 1.82) is 0 Å². The summed E-state index contributed by atoms with van der Waals surface area (Å²) in [5.41, 5.74) is -0.431. The molecule has 3 rings (SSSR count). The van der Waals surface area contributed by atoms with E-state index in [0.717, 1.165) is 5.56 Å². The van der Waals surface area contributed by atoms with Gasteiger partial charge in [0, 0.05) is 13.0 Å². The molecule has 1 aliphatic rings. The van der Waals surface area contributed by atoms with E-state index >= 15 is 0 Å². The van der Waals surface area contributed by atoms with E-state index in [1.54, 1.807) is 54.6 Å². The van der Waals surface area contributed by atoms with Crippen LogP contribution in [0.3, 0.4) is 0 Å². The fourth-order valence-corrected chi connectivity index (χ4v) is 4.35. The summed E-state index contributed by atoms with van der Waals surface area (Å²) in [5, 5.41) is 10.9. The smallest absolute Gasteiger partial charge is 0.243 e. The molecular formula is C18H19NO4S. The van der Waals surface area contributed by atoms with Crippen LogP contribution in [0, 0.1) is 6.92 Å².